The summed E-state index contributed by atoms with van der Waals surface area (Å²) in [6.45, 7) is 0.317. The molecule has 3 rings (SSSR count). The van der Waals surface area contributed by atoms with E-state index in [9.17, 15) is 25.5 Å². The van der Waals surface area contributed by atoms with Gasteiger partial charge in [-0.25, -0.2) is 0 Å². The highest BCUT2D eigenvalue weighted by Gasteiger charge is 2.44. The number of aliphatic hydroxyl groups is 4. The molecule has 1 heterocycles. The van der Waals surface area contributed by atoms with E-state index in [0.717, 1.165) is 11.1 Å². The Hall–Kier alpha value is -2.86. The topological polar surface area (TPSA) is 147 Å². The third-order valence-corrected chi connectivity index (χ3v) is 5.58. The maximum absolute atomic E-state index is 10.2. The molecule has 0 aromatic heterocycles. The van der Waals surface area contributed by atoms with Crippen LogP contribution in [0.2, 0.25) is 0 Å². The molecule has 0 aliphatic carbocycles. The summed E-state index contributed by atoms with van der Waals surface area (Å²) in [6, 6.07) is 10.3. The minimum atomic E-state index is -1.53. The van der Waals surface area contributed by atoms with E-state index in [-0.39, 0.29) is 11.5 Å². The van der Waals surface area contributed by atoms with Gasteiger partial charge in [0.15, 0.2) is 23.0 Å². The minimum Gasteiger partial charge on any atom is -0.504 e. The second-order valence-corrected chi connectivity index (χ2v) is 7.96. The third kappa shape index (κ3) is 6.85. The van der Waals surface area contributed by atoms with Crippen molar-refractivity contribution in [3.8, 4) is 23.0 Å². The molecule has 1 aliphatic rings. The fourth-order valence-electron chi connectivity index (χ4n) is 3.58. The normalized spacial score (nSPS) is 24.5. The van der Waals surface area contributed by atoms with Gasteiger partial charge in [0, 0.05) is 0 Å². The summed E-state index contributed by atoms with van der Waals surface area (Å²) in [5, 5.41) is 49.0. The van der Waals surface area contributed by atoms with Crippen molar-refractivity contribution in [1.82, 2.24) is 0 Å². The van der Waals surface area contributed by atoms with E-state index in [1.54, 1.807) is 30.3 Å². The van der Waals surface area contributed by atoms with Gasteiger partial charge in [-0.2, -0.15) is 0 Å². The third-order valence-electron chi connectivity index (χ3n) is 5.58. The average molecular weight is 493 g/mol. The molecule has 192 valence electrons. The van der Waals surface area contributed by atoms with Crippen LogP contribution < -0.4 is 14.2 Å². The number of hydrogen-bond donors (Lipinski definition) is 5. The highest BCUT2D eigenvalue weighted by molar-refractivity contribution is 5.55. The molecule has 0 bridgehead atoms. The molecule has 1 saturated heterocycles. The summed E-state index contributed by atoms with van der Waals surface area (Å²) in [5.74, 6) is 1.15. The zero-order valence-corrected chi connectivity index (χ0v) is 19.6. The van der Waals surface area contributed by atoms with Crippen LogP contribution in [-0.2, 0) is 15.9 Å². The number of phenolic OH excluding ortho intramolecular Hbond substituents is 1. The molecule has 0 spiro atoms. The number of phenols is 1. The largest absolute Gasteiger partial charge is 0.504 e. The molecule has 1 fully saturated rings. The minimum absolute atomic E-state index is 0.0842. The van der Waals surface area contributed by atoms with Gasteiger partial charge in [0.25, 0.3) is 0 Å². The van der Waals surface area contributed by atoms with E-state index >= 15 is 0 Å². The van der Waals surface area contributed by atoms with Crippen LogP contribution in [0, 0.1) is 0 Å². The van der Waals surface area contributed by atoms with Crippen molar-refractivity contribution < 1.29 is 49.2 Å². The average Bonchev–Trinajstić information content (AvgIpc) is 2.87. The molecule has 0 radical (unpaired) electrons. The van der Waals surface area contributed by atoms with Crippen molar-refractivity contribution in [3.63, 3.8) is 0 Å². The molecule has 0 saturated carbocycles. The van der Waals surface area contributed by atoms with E-state index in [4.69, 9.17) is 23.7 Å². The van der Waals surface area contributed by atoms with Crippen molar-refractivity contribution in [2.75, 3.05) is 34.0 Å². The van der Waals surface area contributed by atoms with Crippen LogP contribution in [-0.4, -0.2) is 90.3 Å². The number of ether oxygens (including phenoxy) is 5. The molecule has 2 aromatic rings. The maximum Gasteiger partial charge on any atom is 0.229 e. The molecule has 10 nitrogen and oxygen atoms in total. The SMILES string of the molecule is COc1cc(/C=C/COCCc2ccc(O[C@@H]3O[C@H](CO)[C@@H](O)[C@H](O)[C@H]3O)c(OC)c2)ccc1O. The number of methoxy groups -OCH3 is 2. The van der Waals surface area contributed by atoms with Crippen LogP contribution in [0.5, 0.6) is 23.0 Å². The molecule has 2 aromatic carbocycles. The number of rotatable bonds is 11. The molecule has 5 atom stereocenters. The first-order chi connectivity index (χ1) is 16.9. The number of hydrogen-bond acceptors (Lipinski definition) is 10. The van der Waals surface area contributed by atoms with Crippen LogP contribution in [0.1, 0.15) is 11.1 Å². The van der Waals surface area contributed by atoms with Crippen molar-refractivity contribution in [2.24, 2.45) is 0 Å². The van der Waals surface area contributed by atoms with Crippen LogP contribution in [0.15, 0.2) is 42.5 Å². The Kier molecular flexibility index (Phi) is 9.73. The lowest BCUT2D eigenvalue weighted by Crippen LogP contribution is -2.60. The van der Waals surface area contributed by atoms with E-state index in [2.05, 4.69) is 0 Å². The predicted molar refractivity (Wildman–Crippen MR) is 126 cm³/mol. The summed E-state index contributed by atoms with van der Waals surface area (Å²) in [7, 11) is 2.97. The van der Waals surface area contributed by atoms with Gasteiger partial charge in [-0.1, -0.05) is 24.3 Å². The van der Waals surface area contributed by atoms with E-state index in [1.807, 2.05) is 18.2 Å². The Morgan fingerprint density at radius 3 is 2.40 bits per heavy atom. The van der Waals surface area contributed by atoms with Gasteiger partial charge < -0.3 is 49.2 Å². The quantitative estimate of drug-likeness (QED) is 0.286. The van der Waals surface area contributed by atoms with Gasteiger partial charge in [0.1, 0.15) is 24.4 Å². The second-order valence-electron chi connectivity index (χ2n) is 7.96. The number of benzene rings is 2. The lowest BCUT2D eigenvalue weighted by atomic mass is 9.99. The van der Waals surface area contributed by atoms with Crippen molar-refractivity contribution in [3.05, 3.63) is 53.6 Å². The molecule has 0 unspecified atom stereocenters. The van der Waals surface area contributed by atoms with E-state index in [0.29, 0.717) is 31.1 Å². The van der Waals surface area contributed by atoms with Gasteiger partial charge in [-0.05, 0) is 41.8 Å². The summed E-state index contributed by atoms with van der Waals surface area (Å²) in [5.41, 5.74) is 1.80. The Morgan fingerprint density at radius 2 is 1.69 bits per heavy atom. The zero-order chi connectivity index (χ0) is 25.4. The van der Waals surface area contributed by atoms with Gasteiger partial charge in [-0.15, -0.1) is 0 Å². The molecule has 35 heavy (non-hydrogen) atoms. The smallest absolute Gasteiger partial charge is 0.229 e. The maximum atomic E-state index is 10.2. The van der Waals surface area contributed by atoms with Crippen molar-refractivity contribution in [2.45, 2.75) is 37.1 Å². The molecular formula is C25H32O10. The van der Waals surface area contributed by atoms with E-state index < -0.39 is 37.3 Å². The van der Waals surface area contributed by atoms with Crippen LogP contribution in [0.3, 0.4) is 0 Å². The fraction of sp³-hybridized carbons (Fsp3) is 0.440. The van der Waals surface area contributed by atoms with E-state index in [1.165, 1.54) is 14.2 Å². The van der Waals surface area contributed by atoms with Crippen LogP contribution in [0.25, 0.3) is 6.08 Å². The molecule has 10 heteroatoms. The van der Waals surface area contributed by atoms with Crippen molar-refractivity contribution >= 4 is 6.08 Å². The van der Waals surface area contributed by atoms with Gasteiger partial charge >= 0.3 is 0 Å². The summed E-state index contributed by atoms with van der Waals surface area (Å²) in [6.07, 6.45) is -2.52. The second kappa shape index (κ2) is 12.7. The summed E-state index contributed by atoms with van der Waals surface area (Å²) >= 11 is 0. The lowest BCUT2D eigenvalue weighted by Gasteiger charge is -2.39. The standard InChI is InChI=1S/C25H32O10/c1-31-19-12-15(5-7-17(19)27)4-3-10-33-11-9-16-6-8-18(20(13-16)32-2)34-25-24(30)23(29)22(28)21(14-26)35-25/h3-8,12-13,21-30H,9-11,14H2,1-2H3/b4-3+/t21-,22-,23+,24-,25-/m1/s1. The van der Waals surface area contributed by atoms with Gasteiger partial charge in [-0.3, -0.25) is 0 Å². The highest BCUT2D eigenvalue weighted by Crippen LogP contribution is 2.32. The van der Waals surface area contributed by atoms with Crippen LogP contribution in [0.4, 0.5) is 0 Å². The lowest BCUT2D eigenvalue weighted by molar-refractivity contribution is -0.277. The van der Waals surface area contributed by atoms with Gasteiger partial charge in [0.2, 0.25) is 6.29 Å². The highest BCUT2D eigenvalue weighted by atomic mass is 16.7. The Bertz CT molecular complexity index is 977. The molecule has 5 N–H and O–H groups in total. The molecular weight excluding hydrogens is 460 g/mol. The first kappa shape index (κ1) is 26.7. The number of aliphatic hydroxyl groups excluding tert-OH is 4. The first-order valence-corrected chi connectivity index (χ1v) is 11.1. The van der Waals surface area contributed by atoms with Gasteiger partial charge in [0.05, 0.1) is 34.0 Å². The van der Waals surface area contributed by atoms with Crippen molar-refractivity contribution in [1.29, 1.82) is 0 Å². The Labute approximate surface area is 203 Å². The summed E-state index contributed by atoms with van der Waals surface area (Å²) in [4.78, 5) is 0. The predicted octanol–water partition coefficient (Wildman–Crippen LogP) is 0.861. The molecule has 1 aliphatic heterocycles. The Balaban J connectivity index is 1.51. The summed E-state index contributed by atoms with van der Waals surface area (Å²) < 4.78 is 27.2. The molecule has 0 amide bonds. The fourth-order valence-corrected chi connectivity index (χ4v) is 3.58. The Morgan fingerprint density at radius 1 is 0.914 bits per heavy atom. The van der Waals surface area contributed by atoms with Crippen LogP contribution >= 0.6 is 0 Å². The number of aromatic hydroxyl groups is 1. The monoisotopic (exact) mass is 492 g/mol. The zero-order valence-electron chi connectivity index (χ0n) is 19.6. The first-order valence-electron chi connectivity index (χ1n) is 11.1.